The lowest BCUT2D eigenvalue weighted by Gasteiger charge is -2.38. The Morgan fingerprint density at radius 2 is 1.85 bits per heavy atom. The van der Waals surface area contributed by atoms with E-state index in [1.54, 1.807) is 29.2 Å². The highest BCUT2D eigenvalue weighted by Gasteiger charge is 2.80. The van der Waals surface area contributed by atoms with Crippen LogP contribution in [-0.4, -0.2) is 70.3 Å². The summed E-state index contributed by atoms with van der Waals surface area (Å²) in [6.45, 7) is 14.2. The van der Waals surface area contributed by atoms with Gasteiger partial charge in [-0.1, -0.05) is 34.1 Å². The van der Waals surface area contributed by atoms with Crippen LogP contribution in [0.2, 0.25) is 0 Å². The molecule has 2 bridgehead atoms. The second-order valence-electron chi connectivity index (χ2n) is 12.6. The minimum atomic E-state index is -1.15. The fraction of sp³-hybridized carbons (Fsp3) is 0.710. The lowest BCUT2D eigenvalue weighted by molar-refractivity contribution is -0.150. The third-order valence-electron chi connectivity index (χ3n) is 9.17. The van der Waals surface area contributed by atoms with E-state index in [0.717, 1.165) is 12.8 Å². The Morgan fingerprint density at radius 1 is 1.18 bits per heavy atom. The first-order chi connectivity index (χ1) is 18.9. The van der Waals surface area contributed by atoms with E-state index in [4.69, 9.17) is 9.47 Å². The van der Waals surface area contributed by atoms with Crippen LogP contribution in [0.15, 0.2) is 24.3 Å². The second kappa shape index (κ2) is 11.7. The molecule has 4 rings (SSSR count). The highest BCUT2D eigenvalue weighted by molar-refractivity contribution is 6.02. The number of ether oxygens (including phenoxy) is 2. The standard InChI is InChI=1S/C31H47N3O6/c1-8-10-20(6)32-28(37)26-31-16-19(5)30(7,40-31)24(25(31)29(38)34(26)22(17-35)15-18(3)4)27(36)33-21-11-13-23(14-12-21)39-9-2/h11-14,18-20,22,24-26,35H,8-10,15-17H2,1-7H3,(H,32,37)(H,33,36)/t19?,20?,22-,24-,25+,26?,30+,31?/m1/s1. The van der Waals surface area contributed by atoms with E-state index < -0.39 is 35.1 Å². The van der Waals surface area contributed by atoms with Crippen LogP contribution in [0.3, 0.4) is 0 Å². The topological polar surface area (TPSA) is 117 Å². The molecule has 3 saturated heterocycles. The van der Waals surface area contributed by atoms with Crippen LogP contribution < -0.4 is 15.4 Å². The maximum atomic E-state index is 14.4. The van der Waals surface area contributed by atoms with Gasteiger partial charge in [0.2, 0.25) is 17.7 Å². The molecular weight excluding hydrogens is 510 g/mol. The number of aliphatic hydroxyl groups excluding tert-OH is 1. The SMILES string of the molecule is CCCC(C)NC(=O)C1N([C@@H](CO)CC(C)C)C(=O)[C@@H]2[C@H](C(=O)Nc3ccc(OCC)cc3)[C@@]3(C)OC12CC3C. The van der Waals surface area contributed by atoms with Crippen molar-refractivity contribution in [2.75, 3.05) is 18.5 Å². The fourth-order valence-electron chi connectivity index (χ4n) is 7.44. The molecule has 3 fully saturated rings. The zero-order valence-corrected chi connectivity index (χ0v) is 25.0. The summed E-state index contributed by atoms with van der Waals surface area (Å²) in [5, 5.41) is 16.5. The fourth-order valence-corrected chi connectivity index (χ4v) is 7.44. The van der Waals surface area contributed by atoms with E-state index in [0.29, 0.717) is 30.9 Å². The minimum absolute atomic E-state index is 0.0615. The van der Waals surface area contributed by atoms with Crippen LogP contribution in [0.5, 0.6) is 5.75 Å². The van der Waals surface area contributed by atoms with Crippen LogP contribution in [0.25, 0.3) is 0 Å². The smallest absolute Gasteiger partial charge is 0.246 e. The van der Waals surface area contributed by atoms with Crippen molar-refractivity contribution in [2.24, 2.45) is 23.7 Å². The molecular formula is C31H47N3O6. The summed E-state index contributed by atoms with van der Waals surface area (Å²) >= 11 is 0. The van der Waals surface area contributed by atoms with E-state index in [1.165, 1.54) is 0 Å². The number of carbonyl (C=O) groups is 3. The van der Waals surface area contributed by atoms with E-state index in [2.05, 4.69) is 17.6 Å². The van der Waals surface area contributed by atoms with Crippen LogP contribution in [0.4, 0.5) is 5.69 Å². The predicted molar refractivity (Wildman–Crippen MR) is 153 cm³/mol. The van der Waals surface area contributed by atoms with Gasteiger partial charge in [-0.3, -0.25) is 14.4 Å². The van der Waals surface area contributed by atoms with Gasteiger partial charge in [0.25, 0.3) is 0 Å². The number of nitrogens with one attached hydrogen (secondary N) is 2. The number of aliphatic hydroxyl groups is 1. The Morgan fingerprint density at radius 3 is 2.42 bits per heavy atom. The molecule has 3 aliphatic heterocycles. The molecule has 222 valence electrons. The largest absolute Gasteiger partial charge is 0.494 e. The first-order valence-corrected chi connectivity index (χ1v) is 14.9. The molecule has 0 radical (unpaired) electrons. The molecule has 1 aromatic carbocycles. The van der Waals surface area contributed by atoms with Crippen molar-refractivity contribution < 1.29 is 29.0 Å². The molecule has 8 atom stereocenters. The maximum absolute atomic E-state index is 14.4. The Kier molecular flexibility index (Phi) is 8.85. The Labute approximate surface area is 238 Å². The third kappa shape index (κ3) is 5.11. The summed E-state index contributed by atoms with van der Waals surface area (Å²) in [6, 6.07) is 5.58. The lowest BCUT2D eigenvalue weighted by Crippen LogP contribution is -2.59. The average molecular weight is 558 g/mol. The van der Waals surface area contributed by atoms with Gasteiger partial charge in [0.1, 0.15) is 17.4 Å². The van der Waals surface area contributed by atoms with E-state index in [9.17, 15) is 19.5 Å². The molecule has 9 nitrogen and oxygen atoms in total. The van der Waals surface area contributed by atoms with Gasteiger partial charge in [0, 0.05) is 11.7 Å². The Balaban J connectivity index is 1.73. The number of amides is 3. The number of anilines is 1. The number of hydrogen-bond acceptors (Lipinski definition) is 6. The van der Waals surface area contributed by atoms with Gasteiger partial charge < -0.3 is 30.1 Å². The molecule has 3 aliphatic rings. The molecule has 0 aromatic heterocycles. The van der Waals surface area contributed by atoms with Crippen LogP contribution >= 0.6 is 0 Å². The summed E-state index contributed by atoms with van der Waals surface area (Å²) in [4.78, 5) is 43.9. The molecule has 9 heteroatoms. The molecule has 3 heterocycles. The van der Waals surface area contributed by atoms with Gasteiger partial charge in [0.15, 0.2) is 0 Å². The van der Waals surface area contributed by atoms with Crippen molar-refractivity contribution in [1.29, 1.82) is 0 Å². The van der Waals surface area contributed by atoms with Crippen molar-refractivity contribution >= 4 is 23.4 Å². The summed E-state index contributed by atoms with van der Waals surface area (Å²) in [5.41, 5.74) is -1.46. The maximum Gasteiger partial charge on any atom is 0.246 e. The van der Waals surface area contributed by atoms with Gasteiger partial charge in [-0.25, -0.2) is 0 Å². The van der Waals surface area contributed by atoms with Crippen molar-refractivity contribution in [3.8, 4) is 5.75 Å². The van der Waals surface area contributed by atoms with E-state index in [-0.39, 0.29) is 42.2 Å². The molecule has 0 saturated carbocycles. The number of hydrogen-bond donors (Lipinski definition) is 3. The van der Waals surface area contributed by atoms with Crippen LogP contribution in [-0.2, 0) is 19.1 Å². The summed E-state index contributed by atoms with van der Waals surface area (Å²) in [7, 11) is 0. The second-order valence-corrected chi connectivity index (χ2v) is 12.6. The van der Waals surface area contributed by atoms with Gasteiger partial charge >= 0.3 is 0 Å². The highest BCUT2D eigenvalue weighted by atomic mass is 16.5. The highest BCUT2D eigenvalue weighted by Crippen LogP contribution is 2.65. The van der Waals surface area contributed by atoms with Gasteiger partial charge in [-0.2, -0.15) is 0 Å². The summed E-state index contributed by atoms with van der Waals surface area (Å²) < 4.78 is 12.3. The number of rotatable bonds is 12. The summed E-state index contributed by atoms with van der Waals surface area (Å²) in [5.74, 6) is -1.64. The van der Waals surface area contributed by atoms with Crippen molar-refractivity contribution in [3.05, 3.63) is 24.3 Å². The monoisotopic (exact) mass is 557 g/mol. The number of nitrogens with zero attached hydrogens (tertiary/aromatic N) is 1. The number of carbonyl (C=O) groups excluding carboxylic acids is 3. The number of likely N-dealkylation sites (tertiary alicyclic amines) is 1. The molecule has 4 unspecified atom stereocenters. The van der Waals surface area contributed by atoms with E-state index in [1.807, 2.05) is 41.5 Å². The zero-order chi connectivity index (χ0) is 29.4. The first-order valence-electron chi connectivity index (χ1n) is 14.9. The van der Waals surface area contributed by atoms with Crippen LogP contribution in [0.1, 0.15) is 74.1 Å². The molecule has 0 aliphatic carbocycles. The molecule has 3 amide bonds. The normalized spacial score (nSPS) is 32.2. The predicted octanol–water partition coefficient (Wildman–Crippen LogP) is 3.75. The molecule has 40 heavy (non-hydrogen) atoms. The molecule has 3 N–H and O–H groups in total. The van der Waals surface area contributed by atoms with Gasteiger partial charge in [-0.15, -0.1) is 0 Å². The van der Waals surface area contributed by atoms with Crippen LogP contribution in [0, 0.1) is 23.7 Å². The number of fused-ring (bicyclic) bond motifs is 1. The van der Waals surface area contributed by atoms with E-state index >= 15 is 0 Å². The lowest BCUT2D eigenvalue weighted by atomic mass is 9.62. The van der Waals surface area contributed by atoms with Gasteiger partial charge in [0.05, 0.1) is 36.7 Å². The Hall–Kier alpha value is -2.65. The van der Waals surface area contributed by atoms with Crippen molar-refractivity contribution in [3.63, 3.8) is 0 Å². The van der Waals surface area contributed by atoms with Gasteiger partial charge in [-0.05, 0) is 76.1 Å². The minimum Gasteiger partial charge on any atom is -0.494 e. The summed E-state index contributed by atoms with van der Waals surface area (Å²) in [6.07, 6.45) is 2.74. The number of benzene rings is 1. The molecule has 1 spiro atoms. The quantitative estimate of drug-likeness (QED) is 0.360. The first kappa shape index (κ1) is 30.3. The zero-order valence-electron chi connectivity index (χ0n) is 25.0. The average Bonchev–Trinajstić information content (AvgIpc) is 3.40. The van der Waals surface area contributed by atoms with Crippen molar-refractivity contribution in [1.82, 2.24) is 10.2 Å². The van der Waals surface area contributed by atoms with Crippen molar-refractivity contribution in [2.45, 2.75) is 103 Å². The third-order valence-corrected chi connectivity index (χ3v) is 9.17. The molecule has 1 aromatic rings. The Bertz CT molecular complexity index is 1090.